The molecule has 1 fully saturated rings. The van der Waals surface area contributed by atoms with Crippen LogP contribution in [0.15, 0.2) is 0 Å². The highest BCUT2D eigenvalue weighted by atomic mass is 16.5. The summed E-state index contributed by atoms with van der Waals surface area (Å²) in [6.07, 6.45) is 6.88. The van der Waals surface area contributed by atoms with Crippen molar-refractivity contribution >= 4 is 11.9 Å². The van der Waals surface area contributed by atoms with Crippen LogP contribution in [0.5, 0.6) is 0 Å². The Hall–Kier alpha value is -1.06. The quantitative estimate of drug-likeness (QED) is 0.647. The molecule has 0 aromatic heterocycles. The number of carbonyl (C=O) groups is 2. The Labute approximate surface area is 84.0 Å². The largest absolute Gasteiger partial charge is 0.467 e. The smallest absolute Gasteiger partial charge is 0.328 e. The van der Waals surface area contributed by atoms with Crippen molar-refractivity contribution in [1.29, 1.82) is 0 Å². The van der Waals surface area contributed by atoms with Gasteiger partial charge in [-0.05, 0) is 32.6 Å². The Bertz CT molecular complexity index is 221. The normalized spacial score (nSPS) is 19.0. The molecule has 0 bridgehead atoms. The van der Waals surface area contributed by atoms with Gasteiger partial charge in [0, 0.05) is 0 Å². The van der Waals surface area contributed by atoms with E-state index in [2.05, 4.69) is 10.1 Å². The monoisotopic (exact) mass is 194 g/mol. The summed E-state index contributed by atoms with van der Waals surface area (Å²) in [6.45, 7) is 1.58. The van der Waals surface area contributed by atoms with Crippen molar-refractivity contribution in [2.75, 3.05) is 7.11 Å². The highest BCUT2D eigenvalue weighted by Gasteiger charge is 2.27. The summed E-state index contributed by atoms with van der Waals surface area (Å²) in [5, 5.41) is 2.52. The number of nitrogens with one attached hydrogen (secondary N) is 1. The second kappa shape index (κ2) is 4.98. The highest BCUT2D eigenvalue weighted by molar-refractivity contribution is 5.97. The minimum Gasteiger partial charge on any atom is -0.467 e. The van der Waals surface area contributed by atoms with Crippen LogP contribution >= 0.6 is 0 Å². The van der Waals surface area contributed by atoms with Crippen LogP contribution in [0, 0.1) is 31.6 Å². The molecule has 1 aliphatic rings. The molecule has 1 amide bonds. The predicted octanol–water partition coefficient (Wildman–Crippen LogP) is 0.0694. The van der Waals surface area contributed by atoms with Gasteiger partial charge in [0.15, 0.2) is 0 Å². The van der Waals surface area contributed by atoms with Gasteiger partial charge in [-0.3, -0.25) is 4.79 Å². The topological polar surface area (TPSA) is 55.4 Å². The summed E-state index contributed by atoms with van der Waals surface area (Å²) in [5.74, 6) is -0.182. The minimum atomic E-state index is -0.623. The number of esters is 1. The molecule has 14 heavy (non-hydrogen) atoms. The SMILES string of the molecule is COC(=O)[C@H](C)NC(=O)[C]1[CH][CH][CH][CH]1. The molecule has 0 spiro atoms. The number of rotatable bonds is 3. The van der Waals surface area contributed by atoms with Crippen LogP contribution in [-0.4, -0.2) is 25.0 Å². The zero-order chi connectivity index (χ0) is 10.6. The van der Waals surface area contributed by atoms with Crippen molar-refractivity contribution in [2.24, 2.45) is 0 Å². The lowest BCUT2D eigenvalue weighted by Gasteiger charge is -2.13. The molecule has 4 nitrogen and oxygen atoms in total. The number of ether oxygens (including phenoxy) is 1. The second-order valence-electron chi connectivity index (χ2n) is 2.89. The lowest BCUT2D eigenvalue weighted by molar-refractivity contribution is -0.144. The van der Waals surface area contributed by atoms with Crippen LogP contribution in [0.4, 0.5) is 0 Å². The van der Waals surface area contributed by atoms with Crippen molar-refractivity contribution in [2.45, 2.75) is 13.0 Å². The van der Waals surface area contributed by atoms with Crippen molar-refractivity contribution in [3.8, 4) is 0 Å². The van der Waals surface area contributed by atoms with E-state index in [-0.39, 0.29) is 5.91 Å². The van der Waals surface area contributed by atoms with E-state index in [1.165, 1.54) is 7.11 Å². The molecule has 0 saturated heterocycles. The summed E-state index contributed by atoms with van der Waals surface area (Å²) < 4.78 is 4.48. The van der Waals surface area contributed by atoms with E-state index in [1.807, 2.05) is 0 Å². The summed E-state index contributed by atoms with van der Waals surface area (Å²) in [7, 11) is 1.29. The standard InChI is InChI=1S/C10H12NO3/c1-7(10(13)14-2)11-9(12)8-5-3-4-6-8/h3-7H,1-2H3,(H,11,12)/t7-/m0/s1. The van der Waals surface area contributed by atoms with Crippen LogP contribution in [-0.2, 0) is 14.3 Å². The molecular weight excluding hydrogens is 182 g/mol. The van der Waals surface area contributed by atoms with Crippen LogP contribution in [0.25, 0.3) is 0 Å². The minimum absolute atomic E-state index is 0.270. The summed E-state index contributed by atoms with van der Waals surface area (Å²) in [6, 6.07) is -0.623. The van der Waals surface area contributed by atoms with Crippen molar-refractivity contribution in [3.63, 3.8) is 0 Å². The first-order valence-corrected chi connectivity index (χ1v) is 4.25. The van der Waals surface area contributed by atoms with E-state index in [4.69, 9.17) is 0 Å². The third-order valence-corrected chi connectivity index (χ3v) is 1.83. The van der Waals surface area contributed by atoms with Gasteiger partial charge in [0.2, 0.25) is 5.91 Å². The average Bonchev–Trinajstić information content (AvgIpc) is 2.69. The Kier molecular flexibility index (Phi) is 3.92. The zero-order valence-corrected chi connectivity index (χ0v) is 8.11. The summed E-state index contributed by atoms with van der Waals surface area (Å²) >= 11 is 0. The maximum absolute atomic E-state index is 11.4. The average molecular weight is 194 g/mol. The lowest BCUT2D eigenvalue weighted by Crippen LogP contribution is -2.41. The first-order valence-electron chi connectivity index (χ1n) is 4.25. The van der Waals surface area contributed by atoms with Crippen molar-refractivity contribution in [1.82, 2.24) is 5.32 Å². The highest BCUT2D eigenvalue weighted by Crippen LogP contribution is 2.22. The molecule has 0 heterocycles. The number of methoxy groups -OCH3 is 1. The molecule has 1 saturated carbocycles. The van der Waals surface area contributed by atoms with Crippen LogP contribution in [0.1, 0.15) is 6.92 Å². The maximum atomic E-state index is 11.4. The fourth-order valence-electron chi connectivity index (χ4n) is 1.04. The molecule has 0 aliphatic heterocycles. The Morgan fingerprint density at radius 2 is 1.93 bits per heavy atom. The molecule has 4 heteroatoms. The Balaban J connectivity index is 2.35. The van der Waals surface area contributed by atoms with E-state index >= 15 is 0 Å². The predicted molar refractivity (Wildman–Crippen MR) is 50.1 cm³/mol. The number of hydrogen-bond acceptors (Lipinski definition) is 3. The zero-order valence-electron chi connectivity index (χ0n) is 8.11. The number of amides is 1. The fourth-order valence-corrected chi connectivity index (χ4v) is 1.04. The third-order valence-electron chi connectivity index (χ3n) is 1.83. The van der Waals surface area contributed by atoms with Gasteiger partial charge in [0.25, 0.3) is 0 Å². The van der Waals surface area contributed by atoms with Gasteiger partial charge in [-0.1, -0.05) is 0 Å². The van der Waals surface area contributed by atoms with E-state index in [0.29, 0.717) is 5.92 Å². The second-order valence-corrected chi connectivity index (χ2v) is 2.89. The molecule has 0 unspecified atom stereocenters. The summed E-state index contributed by atoms with van der Waals surface area (Å²) in [4.78, 5) is 22.4. The van der Waals surface area contributed by atoms with Gasteiger partial charge in [-0.15, -0.1) is 0 Å². The Morgan fingerprint density at radius 3 is 2.43 bits per heavy atom. The van der Waals surface area contributed by atoms with Gasteiger partial charge in [0.05, 0.1) is 13.0 Å². The first kappa shape index (κ1) is 11.0. The molecule has 1 aliphatic carbocycles. The lowest BCUT2D eigenvalue weighted by atomic mass is 10.1. The third kappa shape index (κ3) is 2.72. The first-order chi connectivity index (χ1) is 6.65. The van der Waals surface area contributed by atoms with Gasteiger partial charge in [0.1, 0.15) is 6.04 Å². The maximum Gasteiger partial charge on any atom is 0.328 e. The molecule has 1 N–H and O–H groups in total. The molecule has 1 atom stereocenters. The van der Waals surface area contributed by atoms with Gasteiger partial charge in [-0.2, -0.15) is 0 Å². The summed E-state index contributed by atoms with van der Waals surface area (Å²) in [5.41, 5.74) is 0. The van der Waals surface area contributed by atoms with Crippen LogP contribution in [0.3, 0.4) is 0 Å². The molecule has 5 radical (unpaired) electrons. The van der Waals surface area contributed by atoms with Crippen LogP contribution < -0.4 is 5.32 Å². The van der Waals surface area contributed by atoms with E-state index in [1.54, 1.807) is 32.6 Å². The molecule has 0 aromatic rings. The molecular formula is C10H12NO3. The van der Waals surface area contributed by atoms with E-state index < -0.39 is 12.0 Å². The van der Waals surface area contributed by atoms with Gasteiger partial charge in [-0.25, -0.2) is 4.79 Å². The van der Waals surface area contributed by atoms with Gasteiger partial charge < -0.3 is 10.1 Å². The van der Waals surface area contributed by atoms with Crippen molar-refractivity contribution < 1.29 is 14.3 Å². The number of hydrogen-bond donors (Lipinski definition) is 1. The molecule has 75 valence electrons. The van der Waals surface area contributed by atoms with Crippen molar-refractivity contribution in [3.05, 3.63) is 31.6 Å². The molecule has 1 rings (SSSR count). The van der Waals surface area contributed by atoms with Gasteiger partial charge >= 0.3 is 5.97 Å². The van der Waals surface area contributed by atoms with E-state index in [9.17, 15) is 9.59 Å². The van der Waals surface area contributed by atoms with E-state index in [0.717, 1.165) is 0 Å². The fraction of sp³-hybridized carbons (Fsp3) is 0.300. The number of carbonyl (C=O) groups excluding carboxylic acids is 2. The van der Waals surface area contributed by atoms with Crippen LogP contribution in [0.2, 0.25) is 0 Å². The molecule has 0 aromatic carbocycles. The Morgan fingerprint density at radius 1 is 1.36 bits per heavy atom.